The molecule has 0 aliphatic carbocycles. The average molecular weight is 390 g/mol. The Balaban J connectivity index is 1.89. The zero-order chi connectivity index (χ0) is 20.0. The molecule has 8 heteroatoms. The normalized spacial score (nSPS) is 11.4. The number of hydrogen-bond acceptors (Lipinski definition) is 5. The summed E-state index contributed by atoms with van der Waals surface area (Å²) >= 11 is 5.84. The number of benzene rings is 1. The lowest BCUT2D eigenvalue weighted by Crippen LogP contribution is -2.41. The molecule has 1 aromatic carbocycles. The molecule has 0 bridgehead atoms. The van der Waals surface area contributed by atoms with Gasteiger partial charge in [0.05, 0.1) is 12.1 Å². The maximum absolute atomic E-state index is 12.3. The molecule has 0 saturated heterocycles. The molecule has 1 heterocycles. The van der Waals surface area contributed by atoms with E-state index in [1.165, 1.54) is 37.2 Å². The average Bonchev–Trinajstić information content (AvgIpc) is 2.63. The van der Waals surface area contributed by atoms with Crippen molar-refractivity contribution in [1.29, 1.82) is 0 Å². The van der Waals surface area contributed by atoms with Gasteiger partial charge in [0.2, 0.25) is 5.91 Å². The van der Waals surface area contributed by atoms with E-state index >= 15 is 0 Å². The Morgan fingerprint density at radius 3 is 2.52 bits per heavy atom. The number of likely N-dealkylation sites (N-methyl/N-ethyl adjacent to an activating group) is 1. The number of amides is 2. The molecule has 2 amide bonds. The van der Waals surface area contributed by atoms with E-state index in [4.69, 9.17) is 16.3 Å². The van der Waals surface area contributed by atoms with Gasteiger partial charge < -0.3 is 15.0 Å². The van der Waals surface area contributed by atoms with Crippen molar-refractivity contribution in [1.82, 2.24) is 9.88 Å². The minimum atomic E-state index is -1.08. The zero-order valence-corrected chi connectivity index (χ0v) is 16.0. The predicted octanol–water partition coefficient (Wildman–Crippen LogP) is 2.69. The van der Waals surface area contributed by atoms with Gasteiger partial charge in [-0.2, -0.15) is 0 Å². The number of aryl methyl sites for hydroxylation is 1. The van der Waals surface area contributed by atoms with Gasteiger partial charge >= 0.3 is 5.97 Å². The number of hydrogen-bond donors (Lipinski definition) is 1. The quantitative estimate of drug-likeness (QED) is 0.606. The third kappa shape index (κ3) is 5.79. The summed E-state index contributed by atoms with van der Waals surface area (Å²) in [4.78, 5) is 41.5. The summed E-state index contributed by atoms with van der Waals surface area (Å²) in [5.41, 5.74) is 1.78. The molecule has 1 N–H and O–H groups in total. The molecule has 2 aromatic rings. The number of halogens is 1. The Labute approximate surface area is 162 Å². The molecule has 2 rings (SSSR count). The molecular weight excluding hydrogens is 370 g/mol. The van der Waals surface area contributed by atoms with Crippen molar-refractivity contribution < 1.29 is 19.1 Å². The summed E-state index contributed by atoms with van der Waals surface area (Å²) in [5.74, 6) is -1.63. The van der Waals surface area contributed by atoms with Crippen molar-refractivity contribution in [2.24, 2.45) is 0 Å². The number of nitrogens with zero attached hydrogens (tertiary/aromatic N) is 2. The van der Waals surface area contributed by atoms with Crippen LogP contribution in [0.25, 0.3) is 0 Å². The zero-order valence-electron chi connectivity index (χ0n) is 15.2. The molecule has 0 spiro atoms. The predicted molar refractivity (Wildman–Crippen MR) is 102 cm³/mol. The van der Waals surface area contributed by atoms with E-state index in [-0.39, 0.29) is 23.2 Å². The molecule has 0 unspecified atom stereocenters. The highest BCUT2D eigenvalue weighted by Gasteiger charge is 2.24. The van der Waals surface area contributed by atoms with E-state index in [1.54, 1.807) is 12.1 Å². The molecule has 7 nitrogen and oxygen atoms in total. The second-order valence-electron chi connectivity index (χ2n) is 6.00. The Kier molecular flexibility index (Phi) is 6.90. The number of pyridine rings is 1. The minimum Gasteiger partial charge on any atom is -0.449 e. The molecule has 27 heavy (non-hydrogen) atoms. The fourth-order valence-electron chi connectivity index (χ4n) is 2.25. The number of rotatable bonds is 6. The lowest BCUT2D eigenvalue weighted by atomic mass is 10.2. The summed E-state index contributed by atoms with van der Waals surface area (Å²) in [7, 11) is 1.46. The van der Waals surface area contributed by atoms with Crippen molar-refractivity contribution in [3.63, 3.8) is 0 Å². The first kappa shape index (κ1) is 20.4. The van der Waals surface area contributed by atoms with Gasteiger partial charge in [-0.1, -0.05) is 29.3 Å². The maximum atomic E-state index is 12.3. The van der Waals surface area contributed by atoms with Gasteiger partial charge in [0, 0.05) is 18.9 Å². The van der Waals surface area contributed by atoms with Crippen LogP contribution >= 0.6 is 11.6 Å². The summed E-state index contributed by atoms with van der Waals surface area (Å²) in [6, 6.07) is 10.3. The van der Waals surface area contributed by atoms with E-state index in [0.29, 0.717) is 5.69 Å². The van der Waals surface area contributed by atoms with Gasteiger partial charge in [0.15, 0.2) is 6.10 Å². The van der Waals surface area contributed by atoms with Crippen molar-refractivity contribution in [2.75, 3.05) is 18.9 Å². The third-order valence-electron chi connectivity index (χ3n) is 3.70. The highest BCUT2D eigenvalue weighted by molar-refractivity contribution is 6.32. The van der Waals surface area contributed by atoms with Gasteiger partial charge in [-0.15, -0.1) is 0 Å². The highest BCUT2D eigenvalue weighted by atomic mass is 35.5. The number of nitrogens with one attached hydrogen (secondary N) is 1. The van der Waals surface area contributed by atoms with E-state index in [0.717, 1.165) is 5.56 Å². The van der Waals surface area contributed by atoms with Gasteiger partial charge in [-0.25, -0.2) is 9.78 Å². The molecule has 142 valence electrons. The second kappa shape index (κ2) is 9.14. The Morgan fingerprint density at radius 1 is 1.22 bits per heavy atom. The van der Waals surface area contributed by atoms with Crippen LogP contribution < -0.4 is 5.32 Å². The van der Waals surface area contributed by atoms with Crippen LogP contribution in [0.3, 0.4) is 0 Å². The van der Waals surface area contributed by atoms with Crippen LogP contribution in [0.1, 0.15) is 22.8 Å². The fourth-order valence-corrected chi connectivity index (χ4v) is 2.45. The van der Waals surface area contributed by atoms with Crippen LogP contribution in [0.15, 0.2) is 42.6 Å². The van der Waals surface area contributed by atoms with Crippen molar-refractivity contribution in [3.05, 3.63) is 58.9 Å². The molecule has 0 radical (unpaired) electrons. The Morgan fingerprint density at radius 2 is 1.89 bits per heavy atom. The number of carbonyl (C=O) groups excluding carboxylic acids is 3. The largest absolute Gasteiger partial charge is 0.449 e. The van der Waals surface area contributed by atoms with Crippen molar-refractivity contribution in [2.45, 2.75) is 20.0 Å². The van der Waals surface area contributed by atoms with Gasteiger partial charge in [0.1, 0.15) is 5.15 Å². The monoisotopic (exact) mass is 389 g/mol. The number of ether oxygens (including phenoxy) is 1. The molecule has 1 aromatic heterocycles. The first-order valence-electron chi connectivity index (χ1n) is 8.21. The summed E-state index contributed by atoms with van der Waals surface area (Å²) in [6.45, 7) is 3.19. The van der Waals surface area contributed by atoms with Crippen LogP contribution in [0.4, 0.5) is 5.69 Å². The van der Waals surface area contributed by atoms with Crippen LogP contribution in [0, 0.1) is 6.92 Å². The van der Waals surface area contributed by atoms with E-state index in [1.807, 2.05) is 19.1 Å². The van der Waals surface area contributed by atoms with E-state index in [2.05, 4.69) is 10.3 Å². The SMILES string of the molecule is Cc1ccc(NC(=O)CN(C)C(=O)[C@H](C)OC(=O)c2cccnc2Cl)cc1. The Hall–Kier alpha value is -2.93. The maximum Gasteiger partial charge on any atom is 0.342 e. The number of anilines is 1. The molecule has 0 aliphatic heterocycles. The van der Waals surface area contributed by atoms with Gasteiger partial charge in [-0.05, 0) is 38.1 Å². The molecule has 0 aliphatic rings. The lowest BCUT2D eigenvalue weighted by Gasteiger charge is -2.21. The fraction of sp³-hybridized carbons (Fsp3) is 0.263. The van der Waals surface area contributed by atoms with Crippen LogP contribution in [-0.4, -0.2) is 47.4 Å². The summed E-state index contributed by atoms with van der Waals surface area (Å²) in [6.07, 6.45) is 0.361. The van der Waals surface area contributed by atoms with Crippen LogP contribution in [0.5, 0.6) is 0 Å². The molecule has 0 fully saturated rings. The van der Waals surface area contributed by atoms with Crippen LogP contribution in [0.2, 0.25) is 5.15 Å². The standard InChI is InChI=1S/C19H20ClN3O4/c1-12-6-8-14(9-7-12)22-16(24)11-23(3)18(25)13(2)27-19(26)15-5-4-10-21-17(15)20/h4-10,13H,11H2,1-3H3,(H,22,24)/t13-/m0/s1. The highest BCUT2D eigenvalue weighted by Crippen LogP contribution is 2.14. The second-order valence-corrected chi connectivity index (χ2v) is 6.36. The molecule has 1 atom stereocenters. The summed E-state index contributed by atoms with van der Waals surface area (Å²) in [5, 5.41) is 2.70. The molecule has 0 saturated carbocycles. The Bertz CT molecular complexity index is 839. The third-order valence-corrected chi connectivity index (χ3v) is 4.00. The van der Waals surface area contributed by atoms with Crippen molar-refractivity contribution >= 4 is 35.1 Å². The minimum absolute atomic E-state index is 0.00650. The lowest BCUT2D eigenvalue weighted by molar-refractivity contribution is -0.140. The van der Waals surface area contributed by atoms with E-state index in [9.17, 15) is 14.4 Å². The first-order valence-corrected chi connectivity index (χ1v) is 8.58. The topological polar surface area (TPSA) is 88.6 Å². The number of esters is 1. The first-order chi connectivity index (χ1) is 12.8. The number of carbonyl (C=O) groups is 3. The summed E-state index contributed by atoms with van der Waals surface area (Å²) < 4.78 is 5.13. The van der Waals surface area contributed by atoms with Crippen LogP contribution in [-0.2, 0) is 14.3 Å². The smallest absolute Gasteiger partial charge is 0.342 e. The van der Waals surface area contributed by atoms with E-state index < -0.39 is 18.0 Å². The molecular formula is C19H20ClN3O4. The number of aromatic nitrogens is 1. The van der Waals surface area contributed by atoms with Gasteiger partial charge in [0.25, 0.3) is 5.91 Å². The van der Waals surface area contributed by atoms with Crippen molar-refractivity contribution in [3.8, 4) is 0 Å². The van der Waals surface area contributed by atoms with Gasteiger partial charge in [-0.3, -0.25) is 9.59 Å².